The van der Waals surface area contributed by atoms with E-state index in [4.69, 9.17) is 27.9 Å². The fraction of sp³-hybridized carbons (Fsp3) is 0.278. The van der Waals surface area contributed by atoms with E-state index in [-0.39, 0.29) is 22.8 Å². The van der Waals surface area contributed by atoms with E-state index in [1.807, 2.05) is 0 Å². The fourth-order valence-corrected chi connectivity index (χ4v) is 4.07. The maximum atomic E-state index is 13.6. The molecule has 132 valence electrons. The normalized spacial score (nSPS) is 17.5. The van der Waals surface area contributed by atoms with E-state index in [1.165, 1.54) is 12.1 Å². The Kier molecular flexibility index (Phi) is 5.77. The van der Waals surface area contributed by atoms with Gasteiger partial charge in [-0.25, -0.2) is 4.39 Å². The number of benzene rings is 2. The minimum atomic E-state index is -0.762. The van der Waals surface area contributed by atoms with Gasteiger partial charge in [0.15, 0.2) is 6.10 Å². The number of carbonyl (C=O) groups is 1. The van der Waals surface area contributed by atoms with E-state index < -0.39 is 6.10 Å². The van der Waals surface area contributed by atoms with Gasteiger partial charge in [-0.1, -0.05) is 29.3 Å². The van der Waals surface area contributed by atoms with Crippen molar-refractivity contribution in [3.05, 3.63) is 57.8 Å². The quantitative estimate of drug-likeness (QED) is 0.762. The summed E-state index contributed by atoms with van der Waals surface area (Å²) < 4.78 is 19.2. The molecule has 2 aromatic rings. The molecule has 3 nitrogen and oxygen atoms in total. The van der Waals surface area contributed by atoms with Crippen LogP contribution in [0.3, 0.4) is 0 Å². The van der Waals surface area contributed by atoms with Crippen molar-refractivity contribution in [2.75, 3.05) is 5.75 Å². The van der Waals surface area contributed by atoms with Crippen molar-refractivity contribution in [3.8, 4) is 5.75 Å². The molecule has 0 radical (unpaired) electrons. The standard InChI is InChI=1S/C18H16Cl2FNO2S/c1-10(24-15-4-2-3-13(19)17(15)20)18(23)22-14-7-8-25-16-6-5-11(21)9-12(14)16/h2-6,9-10,14H,7-8H2,1H3,(H,22,23)/t10-,14+/m1/s1. The molecule has 0 spiro atoms. The van der Waals surface area contributed by atoms with E-state index in [0.717, 1.165) is 22.6 Å². The van der Waals surface area contributed by atoms with E-state index >= 15 is 0 Å². The minimum Gasteiger partial charge on any atom is -0.479 e. The zero-order valence-electron chi connectivity index (χ0n) is 13.4. The van der Waals surface area contributed by atoms with Crippen molar-refractivity contribution in [1.29, 1.82) is 0 Å². The molecule has 1 aliphatic heterocycles. The molecule has 0 saturated heterocycles. The number of hydrogen-bond acceptors (Lipinski definition) is 3. The van der Waals surface area contributed by atoms with Gasteiger partial charge in [0.25, 0.3) is 5.91 Å². The van der Waals surface area contributed by atoms with Crippen molar-refractivity contribution in [2.45, 2.75) is 30.4 Å². The predicted molar refractivity (Wildman–Crippen MR) is 99.2 cm³/mol. The highest BCUT2D eigenvalue weighted by Crippen LogP contribution is 2.37. The number of nitrogens with one attached hydrogen (secondary N) is 1. The SMILES string of the molecule is C[C@@H](Oc1cccc(Cl)c1Cl)C(=O)N[C@H]1CCSc2ccc(F)cc21. The van der Waals surface area contributed by atoms with Crippen LogP contribution in [0.15, 0.2) is 41.3 Å². The van der Waals surface area contributed by atoms with Crippen molar-refractivity contribution < 1.29 is 13.9 Å². The largest absolute Gasteiger partial charge is 0.479 e. The van der Waals surface area contributed by atoms with Crippen LogP contribution in [0.1, 0.15) is 24.9 Å². The summed E-state index contributed by atoms with van der Waals surface area (Å²) in [6, 6.07) is 9.42. The van der Waals surface area contributed by atoms with Gasteiger partial charge in [-0.2, -0.15) is 0 Å². The number of amides is 1. The van der Waals surface area contributed by atoms with Crippen LogP contribution < -0.4 is 10.1 Å². The molecule has 1 N–H and O–H groups in total. The Morgan fingerprint density at radius 2 is 2.16 bits per heavy atom. The van der Waals surface area contributed by atoms with Crippen LogP contribution in [0.2, 0.25) is 10.0 Å². The van der Waals surface area contributed by atoms with Gasteiger partial charge in [0.2, 0.25) is 0 Å². The number of thioether (sulfide) groups is 1. The third-order valence-electron chi connectivity index (χ3n) is 3.92. The van der Waals surface area contributed by atoms with Crippen LogP contribution in [0.25, 0.3) is 0 Å². The first-order valence-electron chi connectivity index (χ1n) is 7.79. The number of ether oxygens (including phenoxy) is 1. The fourth-order valence-electron chi connectivity index (χ4n) is 2.62. The topological polar surface area (TPSA) is 38.3 Å². The molecular weight excluding hydrogens is 384 g/mol. The summed E-state index contributed by atoms with van der Waals surface area (Å²) in [5, 5.41) is 3.57. The van der Waals surface area contributed by atoms with Gasteiger partial charge in [-0.15, -0.1) is 11.8 Å². The Hall–Kier alpha value is -1.43. The number of carbonyl (C=O) groups excluding carboxylic acids is 1. The molecule has 25 heavy (non-hydrogen) atoms. The van der Waals surface area contributed by atoms with Gasteiger partial charge in [0.05, 0.1) is 11.1 Å². The summed E-state index contributed by atoms with van der Waals surface area (Å²) in [6.45, 7) is 1.64. The van der Waals surface area contributed by atoms with Gasteiger partial charge in [0.1, 0.15) is 16.6 Å². The van der Waals surface area contributed by atoms with E-state index in [2.05, 4.69) is 5.32 Å². The summed E-state index contributed by atoms with van der Waals surface area (Å²) in [5.74, 6) is 0.611. The smallest absolute Gasteiger partial charge is 0.261 e. The van der Waals surface area contributed by atoms with Crippen LogP contribution in [0.5, 0.6) is 5.75 Å². The lowest BCUT2D eigenvalue weighted by Gasteiger charge is -2.27. The number of fused-ring (bicyclic) bond motifs is 1. The summed E-state index contributed by atoms with van der Waals surface area (Å²) in [5.41, 5.74) is 0.803. The van der Waals surface area contributed by atoms with Gasteiger partial charge in [-0.05, 0) is 49.2 Å². The van der Waals surface area contributed by atoms with Gasteiger partial charge < -0.3 is 10.1 Å². The zero-order chi connectivity index (χ0) is 18.0. The number of halogens is 3. The molecule has 1 aliphatic rings. The van der Waals surface area contributed by atoms with Gasteiger partial charge in [-0.3, -0.25) is 4.79 Å². The number of rotatable bonds is 4. The van der Waals surface area contributed by atoms with Crippen LogP contribution in [0, 0.1) is 5.82 Å². The minimum absolute atomic E-state index is 0.236. The summed E-state index contributed by atoms with van der Waals surface area (Å²) in [7, 11) is 0. The van der Waals surface area contributed by atoms with E-state index in [1.54, 1.807) is 43.0 Å². The molecule has 0 unspecified atom stereocenters. The van der Waals surface area contributed by atoms with Crippen molar-refractivity contribution >= 4 is 40.9 Å². The molecule has 1 amide bonds. The summed E-state index contributed by atoms with van der Waals surface area (Å²) in [4.78, 5) is 13.5. The molecule has 7 heteroatoms. The molecule has 2 aromatic carbocycles. The Balaban J connectivity index is 1.70. The Morgan fingerprint density at radius 1 is 1.36 bits per heavy atom. The maximum Gasteiger partial charge on any atom is 0.261 e. The molecular formula is C18H16Cl2FNO2S. The summed E-state index contributed by atoms with van der Waals surface area (Å²) in [6.07, 6.45) is -0.0279. The average molecular weight is 400 g/mol. The second-order valence-electron chi connectivity index (χ2n) is 5.69. The average Bonchev–Trinajstić information content (AvgIpc) is 2.59. The maximum absolute atomic E-state index is 13.6. The highest BCUT2D eigenvalue weighted by atomic mass is 35.5. The van der Waals surface area contributed by atoms with E-state index in [0.29, 0.717) is 10.8 Å². The van der Waals surface area contributed by atoms with Crippen molar-refractivity contribution in [3.63, 3.8) is 0 Å². The lowest BCUT2D eigenvalue weighted by Crippen LogP contribution is -2.39. The van der Waals surface area contributed by atoms with E-state index in [9.17, 15) is 9.18 Å². The zero-order valence-corrected chi connectivity index (χ0v) is 15.7. The lowest BCUT2D eigenvalue weighted by molar-refractivity contribution is -0.128. The molecule has 0 aromatic heterocycles. The molecule has 2 atom stereocenters. The monoisotopic (exact) mass is 399 g/mol. The highest BCUT2D eigenvalue weighted by molar-refractivity contribution is 7.99. The second kappa shape index (κ2) is 7.85. The van der Waals surface area contributed by atoms with Crippen LogP contribution in [-0.2, 0) is 4.79 Å². The van der Waals surface area contributed by atoms with Gasteiger partial charge >= 0.3 is 0 Å². The molecule has 0 bridgehead atoms. The second-order valence-corrected chi connectivity index (χ2v) is 7.61. The first-order valence-corrected chi connectivity index (χ1v) is 9.53. The lowest BCUT2D eigenvalue weighted by atomic mass is 10.0. The predicted octanol–water partition coefficient (Wildman–Crippen LogP) is 5.25. The van der Waals surface area contributed by atoms with Gasteiger partial charge in [0, 0.05) is 10.6 Å². The van der Waals surface area contributed by atoms with Crippen LogP contribution >= 0.6 is 35.0 Å². The van der Waals surface area contributed by atoms with Crippen molar-refractivity contribution in [1.82, 2.24) is 5.32 Å². The highest BCUT2D eigenvalue weighted by Gasteiger charge is 2.26. The van der Waals surface area contributed by atoms with Crippen molar-refractivity contribution in [2.24, 2.45) is 0 Å². The van der Waals surface area contributed by atoms with Crippen LogP contribution in [0.4, 0.5) is 4.39 Å². The Bertz CT molecular complexity index is 803. The third-order valence-corrected chi connectivity index (χ3v) is 5.84. The first-order chi connectivity index (χ1) is 12.0. The van der Waals surface area contributed by atoms with Crippen LogP contribution in [-0.4, -0.2) is 17.8 Å². The molecule has 0 fully saturated rings. The molecule has 0 aliphatic carbocycles. The Labute approximate surface area is 159 Å². The molecule has 1 heterocycles. The summed E-state index contributed by atoms with van der Waals surface area (Å²) >= 11 is 13.7. The molecule has 3 rings (SSSR count). The number of hydrogen-bond donors (Lipinski definition) is 1. The molecule has 0 saturated carbocycles. The third kappa shape index (κ3) is 4.22. The Morgan fingerprint density at radius 3 is 2.96 bits per heavy atom. The first kappa shape index (κ1) is 18.4.